The van der Waals surface area contributed by atoms with Gasteiger partial charge < -0.3 is 15.3 Å². The van der Waals surface area contributed by atoms with Crippen LogP contribution < -0.4 is 5.32 Å². The van der Waals surface area contributed by atoms with Gasteiger partial charge in [0.1, 0.15) is 0 Å². The van der Waals surface area contributed by atoms with Crippen molar-refractivity contribution in [1.82, 2.24) is 10.2 Å². The molecule has 23 heavy (non-hydrogen) atoms. The van der Waals surface area contributed by atoms with Gasteiger partial charge in [0.15, 0.2) is 0 Å². The van der Waals surface area contributed by atoms with E-state index in [2.05, 4.69) is 17.2 Å². The molecule has 5 nitrogen and oxygen atoms in total. The van der Waals surface area contributed by atoms with Gasteiger partial charge in [-0.2, -0.15) is 0 Å². The fraction of sp³-hybridized carbons (Fsp3) is 0.444. The van der Waals surface area contributed by atoms with Crippen LogP contribution in [0, 0.1) is 23.2 Å². The second-order valence-corrected chi connectivity index (χ2v) is 6.26. The average Bonchev–Trinajstić information content (AvgIpc) is 3.10. The second kappa shape index (κ2) is 6.33. The van der Waals surface area contributed by atoms with Crippen molar-refractivity contribution >= 4 is 12.0 Å². The molecule has 2 atom stereocenters. The van der Waals surface area contributed by atoms with E-state index in [0.29, 0.717) is 19.5 Å². The number of likely N-dealkylation sites (tertiary alicyclic amines) is 1. The number of benzene rings is 1. The van der Waals surface area contributed by atoms with E-state index in [-0.39, 0.29) is 18.5 Å². The summed E-state index contributed by atoms with van der Waals surface area (Å²) in [5, 5.41) is 12.3. The van der Waals surface area contributed by atoms with E-state index >= 15 is 0 Å². The number of rotatable bonds is 2. The van der Waals surface area contributed by atoms with Crippen molar-refractivity contribution in [2.75, 3.05) is 19.6 Å². The predicted octanol–water partition coefficient (Wildman–Crippen LogP) is 1.93. The Kier molecular flexibility index (Phi) is 4.24. The molecule has 0 spiro atoms. The first kappa shape index (κ1) is 15.4. The van der Waals surface area contributed by atoms with Crippen LogP contribution in [0.3, 0.4) is 0 Å². The molecule has 2 fully saturated rings. The molecule has 1 saturated heterocycles. The van der Waals surface area contributed by atoms with Gasteiger partial charge in [0, 0.05) is 18.7 Å². The SMILES string of the molecule is O=C(NCC#Cc1ccccc1)N1C[C@@H]2CCC[C@@]2(C(=O)O)C1. The molecule has 1 aliphatic heterocycles. The number of carbonyl (C=O) groups is 2. The fourth-order valence-corrected chi connectivity index (χ4v) is 3.69. The Morgan fingerprint density at radius 1 is 1.35 bits per heavy atom. The highest BCUT2D eigenvalue weighted by Gasteiger charge is 2.55. The fourth-order valence-electron chi connectivity index (χ4n) is 3.69. The largest absolute Gasteiger partial charge is 0.481 e. The molecule has 0 bridgehead atoms. The third-order valence-electron chi connectivity index (χ3n) is 4.92. The Hall–Kier alpha value is -2.48. The molecule has 1 heterocycles. The number of hydrogen-bond acceptors (Lipinski definition) is 2. The molecule has 2 aliphatic rings. The van der Waals surface area contributed by atoms with E-state index < -0.39 is 11.4 Å². The normalized spacial score (nSPS) is 25.4. The van der Waals surface area contributed by atoms with Crippen LogP contribution in [-0.2, 0) is 4.79 Å². The van der Waals surface area contributed by atoms with E-state index in [4.69, 9.17) is 0 Å². The first-order valence-electron chi connectivity index (χ1n) is 7.92. The smallest absolute Gasteiger partial charge is 0.318 e. The zero-order chi connectivity index (χ0) is 16.3. The molecule has 1 aliphatic carbocycles. The van der Waals surface area contributed by atoms with Gasteiger partial charge in [-0.1, -0.05) is 36.5 Å². The second-order valence-electron chi connectivity index (χ2n) is 6.26. The highest BCUT2D eigenvalue weighted by Crippen LogP contribution is 2.48. The van der Waals surface area contributed by atoms with Crippen molar-refractivity contribution in [3.8, 4) is 11.8 Å². The van der Waals surface area contributed by atoms with Crippen LogP contribution in [0.4, 0.5) is 4.79 Å². The standard InChI is InChI=1S/C18H20N2O3/c21-16(22)18-10-4-9-15(18)12-20(13-18)17(23)19-11-5-8-14-6-2-1-3-7-14/h1-3,6-7,15H,4,9-13H2,(H,19,23)(H,21,22)/t15-,18+/m0/s1. The molecule has 0 unspecified atom stereocenters. The Balaban J connectivity index is 1.54. The number of amides is 2. The van der Waals surface area contributed by atoms with E-state index in [1.54, 1.807) is 4.90 Å². The first-order chi connectivity index (χ1) is 11.1. The minimum absolute atomic E-state index is 0.0844. The summed E-state index contributed by atoms with van der Waals surface area (Å²) >= 11 is 0. The maximum absolute atomic E-state index is 12.2. The van der Waals surface area contributed by atoms with E-state index in [0.717, 1.165) is 18.4 Å². The minimum Gasteiger partial charge on any atom is -0.481 e. The van der Waals surface area contributed by atoms with Crippen molar-refractivity contribution in [3.05, 3.63) is 35.9 Å². The Morgan fingerprint density at radius 2 is 2.13 bits per heavy atom. The zero-order valence-electron chi connectivity index (χ0n) is 12.9. The lowest BCUT2D eigenvalue weighted by Crippen LogP contribution is -2.41. The number of urea groups is 1. The Labute approximate surface area is 135 Å². The van der Waals surface area contributed by atoms with Crippen molar-refractivity contribution in [2.24, 2.45) is 11.3 Å². The first-order valence-corrected chi connectivity index (χ1v) is 7.92. The lowest BCUT2D eigenvalue weighted by atomic mass is 9.81. The summed E-state index contributed by atoms with van der Waals surface area (Å²) in [6.07, 6.45) is 2.50. The summed E-state index contributed by atoms with van der Waals surface area (Å²) in [7, 11) is 0. The predicted molar refractivity (Wildman–Crippen MR) is 85.7 cm³/mol. The molecule has 5 heteroatoms. The summed E-state index contributed by atoms with van der Waals surface area (Å²) in [6, 6.07) is 9.35. The highest BCUT2D eigenvalue weighted by atomic mass is 16.4. The number of nitrogens with one attached hydrogen (secondary N) is 1. The minimum atomic E-state index is -0.765. The van der Waals surface area contributed by atoms with Crippen LogP contribution in [-0.4, -0.2) is 41.6 Å². The summed E-state index contributed by atoms with van der Waals surface area (Å²) in [5.74, 6) is 5.21. The van der Waals surface area contributed by atoms with E-state index in [9.17, 15) is 14.7 Å². The number of hydrogen-bond donors (Lipinski definition) is 2. The molecule has 2 N–H and O–H groups in total. The third kappa shape index (κ3) is 3.02. The van der Waals surface area contributed by atoms with Gasteiger partial charge in [0.2, 0.25) is 0 Å². The summed E-state index contributed by atoms with van der Waals surface area (Å²) in [5.41, 5.74) is 0.176. The van der Waals surface area contributed by atoms with Gasteiger partial charge in [-0.15, -0.1) is 0 Å². The molecule has 0 aromatic heterocycles. The van der Waals surface area contributed by atoms with E-state index in [1.165, 1.54) is 0 Å². The van der Waals surface area contributed by atoms with Crippen molar-refractivity contribution < 1.29 is 14.7 Å². The molecule has 1 aromatic carbocycles. The molecule has 120 valence electrons. The number of carboxylic acids is 1. The zero-order valence-corrected chi connectivity index (χ0v) is 12.9. The van der Waals surface area contributed by atoms with Crippen LogP contribution in [0.2, 0.25) is 0 Å². The maximum atomic E-state index is 12.2. The summed E-state index contributed by atoms with van der Waals surface area (Å²) in [6.45, 7) is 1.10. The quantitative estimate of drug-likeness (QED) is 0.820. The van der Waals surface area contributed by atoms with Crippen LogP contribution in [0.5, 0.6) is 0 Å². The maximum Gasteiger partial charge on any atom is 0.318 e. The van der Waals surface area contributed by atoms with Crippen molar-refractivity contribution in [3.63, 3.8) is 0 Å². The molecule has 3 rings (SSSR count). The van der Waals surface area contributed by atoms with Crippen LogP contribution in [0.1, 0.15) is 24.8 Å². The third-order valence-corrected chi connectivity index (χ3v) is 4.92. The van der Waals surface area contributed by atoms with Crippen LogP contribution in [0.15, 0.2) is 30.3 Å². The number of carboxylic acid groups (broad SMARTS) is 1. The van der Waals surface area contributed by atoms with Crippen LogP contribution >= 0.6 is 0 Å². The summed E-state index contributed by atoms with van der Waals surface area (Å²) < 4.78 is 0. The molecule has 0 radical (unpaired) electrons. The lowest BCUT2D eigenvalue weighted by molar-refractivity contribution is -0.149. The Morgan fingerprint density at radius 3 is 2.83 bits per heavy atom. The van der Waals surface area contributed by atoms with Gasteiger partial charge in [0.05, 0.1) is 12.0 Å². The van der Waals surface area contributed by atoms with Gasteiger partial charge in [-0.25, -0.2) is 4.79 Å². The van der Waals surface area contributed by atoms with Gasteiger partial charge in [0.25, 0.3) is 0 Å². The van der Waals surface area contributed by atoms with Crippen molar-refractivity contribution in [1.29, 1.82) is 0 Å². The van der Waals surface area contributed by atoms with Crippen LogP contribution in [0.25, 0.3) is 0 Å². The summed E-state index contributed by atoms with van der Waals surface area (Å²) in [4.78, 5) is 25.4. The van der Waals surface area contributed by atoms with E-state index in [1.807, 2.05) is 30.3 Å². The molecule has 1 aromatic rings. The van der Waals surface area contributed by atoms with Crippen molar-refractivity contribution in [2.45, 2.75) is 19.3 Å². The lowest BCUT2D eigenvalue weighted by Gasteiger charge is -2.23. The monoisotopic (exact) mass is 312 g/mol. The molecular weight excluding hydrogens is 292 g/mol. The topological polar surface area (TPSA) is 69.6 Å². The number of carbonyl (C=O) groups excluding carboxylic acids is 1. The number of nitrogens with zero attached hydrogens (tertiary/aromatic N) is 1. The Bertz CT molecular complexity index is 662. The van der Waals surface area contributed by atoms with Gasteiger partial charge in [-0.3, -0.25) is 4.79 Å². The molecule has 2 amide bonds. The number of fused-ring (bicyclic) bond motifs is 1. The number of aliphatic carboxylic acids is 1. The van der Waals surface area contributed by atoms with Gasteiger partial charge in [-0.05, 0) is 30.9 Å². The highest BCUT2D eigenvalue weighted by molar-refractivity contribution is 5.80. The molecule has 1 saturated carbocycles. The molecular formula is C18H20N2O3. The van der Waals surface area contributed by atoms with Gasteiger partial charge >= 0.3 is 12.0 Å². The average molecular weight is 312 g/mol.